The Hall–Kier alpha value is -6.64. The first-order valence-corrected chi connectivity index (χ1v) is 17.1. The van der Waals surface area contributed by atoms with E-state index in [9.17, 15) is 0 Å². The van der Waals surface area contributed by atoms with Crippen LogP contribution in [0.4, 0.5) is 17.1 Å². The molecule has 0 radical (unpaired) electrons. The maximum absolute atomic E-state index is 6.85. The van der Waals surface area contributed by atoms with E-state index >= 15 is 0 Å². The third-order valence-corrected chi connectivity index (χ3v) is 10.0. The molecule has 1 aromatic heterocycles. The molecule has 0 atom stereocenters. The van der Waals surface area contributed by atoms with E-state index in [1.807, 2.05) is 0 Å². The lowest BCUT2D eigenvalue weighted by Gasteiger charge is -2.28. The molecule has 10 aromatic rings. The predicted octanol–water partition coefficient (Wildman–Crippen LogP) is 13.8. The molecule has 0 aliphatic rings. The molecule has 234 valence electrons. The number of benzene rings is 9. The molecule has 1 heterocycles. The smallest absolute Gasteiger partial charge is 0.143 e. The van der Waals surface area contributed by atoms with Gasteiger partial charge in [-0.3, -0.25) is 0 Å². The Morgan fingerprint density at radius 2 is 0.900 bits per heavy atom. The number of fused-ring (bicyclic) bond motifs is 7. The van der Waals surface area contributed by atoms with Crippen molar-refractivity contribution in [2.24, 2.45) is 0 Å². The van der Waals surface area contributed by atoms with Crippen LogP contribution in [0.15, 0.2) is 192 Å². The molecule has 2 heteroatoms. The van der Waals surface area contributed by atoms with Gasteiger partial charge in [0.05, 0.1) is 5.69 Å². The first-order chi connectivity index (χ1) is 24.8. The lowest BCUT2D eigenvalue weighted by atomic mass is 9.97. The maximum atomic E-state index is 6.85. The Balaban J connectivity index is 1.20. The second-order valence-corrected chi connectivity index (χ2v) is 12.9. The minimum absolute atomic E-state index is 0.898. The van der Waals surface area contributed by atoms with Gasteiger partial charge in [-0.15, -0.1) is 0 Å². The van der Waals surface area contributed by atoms with Crippen molar-refractivity contribution in [2.75, 3.05) is 4.90 Å². The zero-order valence-electron chi connectivity index (χ0n) is 27.3. The third kappa shape index (κ3) is 4.65. The van der Waals surface area contributed by atoms with Crippen LogP contribution in [0.3, 0.4) is 0 Å². The zero-order valence-corrected chi connectivity index (χ0v) is 27.3. The third-order valence-electron chi connectivity index (χ3n) is 10.0. The number of rotatable bonds is 5. The molecule has 0 aliphatic heterocycles. The van der Waals surface area contributed by atoms with Gasteiger partial charge in [0.15, 0.2) is 0 Å². The number of hydrogen-bond acceptors (Lipinski definition) is 2. The fourth-order valence-corrected chi connectivity index (χ4v) is 7.57. The molecule has 2 nitrogen and oxygen atoms in total. The van der Waals surface area contributed by atoms with Crippen molar-refractivity contribution in [1.82, 2.24) is 0 Å². The zero-order chi connectivity index (χ0) is 33.0. The van der Waals surface area contributed by atoms with E-state index < -0.39 is 0 Å². The SMILES string of the molecule is c1cc(-c2ccc3ccccc3c2)cc(N(c2ccc3ccccc3c2)c2ccccc2-c2cccc3c2oc2c4ccccc4ccc32)c1. The highest BCUT2D eigenvalue weighted by molar-refractivity contribution is 6.17. The molecule has 50 heavy (non-hydrogen) atoms. The van der Waals surface area contributed by atoms with Crippen LogP contribution in [0.2, 0.25) is 0 Å². The molecule has 0 unspecified atom stereocenters. The molecule has 0 amide bonds. The van der Waals surface area contributed by atoms with Crippen LogP contribution in [0, 0.1) is 0 Å². The molecule has 0 N–H and O–H groups in total. The summed E-state index contributed by atoms with van der Waals surface area (Å²) < 4.78 is 6.85. The predicted molar refractivity (Wildman–Crippen MR) is 212 cm³/mol. The fraction of sp³-hybridized carbons (Fsp3) is 0. The van der Waals surface area contributed by atoms with E-state index in [4.69, 9.17) is 4.42 Å². The van der Waals surface area contributed by atoms with Crippen LogP contribution < -0.4 is 4.90 Å². The van der Waals surface area contributed by atoms with Crippen molar-refractivity contribution in [1.29, 1.82) is 0 Å². The maximum Gasteiger partial charge on any atom is 0.143 e. The van der Waals surface area contributed by atoms with Crippen LogP contribution in [-0.2, 0) is 0 Å². The Bertz CT molecular complexity index is 2900. The summed E-state index contributed by atoms with van der Waals surface area (Å²) in [6.45, 7) is 0. The molecule has 0 bridgehead atoms. The molecule has 0 spiro atoms. The summed E-state index contributed by atoms with van der Waals surface area (Å²) in [4.78, 5) is 2.39. The minimum atomic E-state index is 0.898. The van der Waals surface area contributed by atoms with Gasteiger partial charge >= 0.3 is 0 Å². The van der Waals surface area contributed by atoms with Gasteiger partial charge in [-0.1, -0.05) is 146 Å². The lowest BCUT2D eigenvalue weighted by Crippen LogP contribution is -2.11. The van der Waals surface area contributed by atoms with E-state index in [0.29, 0.717) is 0 Å². The summed E-state index contributed by atoms with van der Waals surface area (Å²) >= 11 is 0. The average molecular weight is 638 g/mol. The molecule has 10 rings (SSSR count). The fourth-order valence-electron chi connectivity index (χ4n) is 7.57. The molecule has 0 fully saturated rings. The highest BCUT2D eigenvalue weighted by atomic mass is 16.3. The average Bonchev–Trinajstić information content (AvgIpc) is 3.58. The van der Waals surface area contributed by atoms with Crippen molar-refractivity contribution < 1.29 is 4.42 Å². The van der Waals surface area contributed by atoms with E-state index in [2.05, 4.69) is 193 Å². The molecule has 0 aliphatic carbocycles. The van der Waals surface area contributed by atoms with Gasteiger partial charge in [-0.05, 0) is 80.5 Å². The second-order valence-electron chi connectivity index (χ2n) is 12.9. The van der Waals surface area contributed by atoms with E-state index in [0.717, 1.165) is 55.5 Å². The van der Waals surface area contributed by atoms with Crippen molar-refractivity contribution >= 4 is 71.3 Å². The van der Waals surface area contributed by atoms with E-state index in [1.165, 1.54) is 38.1 Å². The molecular formula is C48H31NO. The summed E-state index contributed by atoms with van der Waals surface area (Å²) in [6, 6.07) is 67.5. The summed E-state index contributed by atoms with van der Waals surface area (Å²) in [7, 11) is 0. The van der Waals surface area contributed by atoms with Gasteiger partial charge in [-0.2, -0.15) is 0 Å². The van der Waals surface area contributed by atoms with Crippen molar-refractivity contribution in [3.63, 3.8) is 0 Å². The van der Waals surface area contributed by atoms with Crippen LogP contribution in [0.25, 0.3) is 76.5 Å². The van der Waals surface area contributed by atoms with E-state index in [-0.39, 0.29) is 0 Å². The van der Waals surface area contributed by atoms with Crippen molar-refractivity contribution in [2.45, 2.75) is 0 Å². The van der Waals surface area contributed by atoms with Gasteiger partial charge < -0.3 is 9.32 Å². The number of anilines is 3. The monoisotopic (exact) mass is 637 g/mol. The first kappa shape index (κ1) is 28.4. The van der Waals surface area contributed by atoms with Gasteiger partial charge in [0.2, 0.25) is 0 Å². The highest BCUT2D eigenvalue weighted by Gasteiger charge is 2.21. The number of para-hydroxylation sites is 2. The lowest BCUT2D eigenvalue weighted by molar-refractivity contribution is 0.674. The Kier molecular flexibility index (Phi) is 6.53. The van der Waals surface area contributed by atoms with Gasteiger partial charge in [0.1, 0.15) is 11.2 Å². The molecular weight excluding hydrogens is 607 g/mol. The van der Waals surface area contributed by atoms with Crippen LogP contribution >= 0.6 is 0 Å². The van der Waals surface area contributed by atoms with Crippen LogP contribution in [0.5, 0.6) is 0 Å². The number of nitrogens with zero attached hydrogens (tertiary/aromatic N) is 1. The van der Waals surface area contributed by atoms with Crippen LogP contribution in [0.1, 0.15) is 0 Å². The van der Waals surface area contributed by atoms with Crippen molar-refractivity contribution in [3.05, 3.63) is 188 Å². The Labute approximate surface area is 290 Å². The standard InChI is InChI=1S/C48H31NO/c1-3-14-35-29-38(24-23-32(35)11-1)37-16-9-17-39(31-37)49(40-27-25-33-12-2-4-15-36(33)30-40)46-22-8-7-19-42(46)43-20-10-21-44-45-28-26-34-13-5-6-18-41(34)47(45)50-48(43)44/h1-31H. The summed E-state index contributed by atoms with van der Waals surface area (Å²) in [6.07, 6.45) is 0. The van der Waals surface area contributed by atoms with Crippen LogP contribution in [-0.4, -0.2) is 0 Å². The Morgan fingerprint density at radius 3 is 1.76 bits per heavy atom. The number of hydrogen-bond donors (Lipinski definition) is 0. The molecule has 9 aromatic carbocycles. The summed E-state index contributed by atoms with van der Waals surface area (Å²) in [5.74, 6) is 0. The highest BCUT2D eigenvalue weighted by Crippen LogP contribution is 2.46. The first-order valence-electron chi connectivity index (χ1n) is 17.1. The van der Waals surface area contributed by atoms with Gasteiger partial charge in [-0.25, -0.2) is 0 Å². The molecule has 0 saturated carbocycles. The van der Waals surface area contributed by atoms with Crippen molar-refractivity contribution in [3.8, 4) is 22.3 Å². The molecule has 0 saturated heterocycles. The Morgan fingerprint density at radius 1 is 0.320 bits per heavy atom. The summed E-state index contributed by atoms with van der Waals surface area (Å²) in [5.41, 5.74) is 9.61. The summed E-state index contributed by atoms with van der Waals surface area (Å²) in [5, 5.41) is 9.45. The normalized spacial score (nSPS) is 11.6. The largest absolute Gasteiger partial charge is 0.455 e. The van der Waals surface area contributed by atoms with E-state index in [1.54, 1.807) is 0 Å². The topological polar surface area (TPSA) is 16.4 Å². The quantitative estimate of drug-likeness (QED) is 0.187. The number of furan rings is 1. The van der Waals surface area contributed by atoms with Gasteiger partial charge in [0.25, 0.3) is 0 Å². The van der Waals surface area contributed by atoms with Gasteiger partial charge in [0, 0.05) is 38.7 Å². The second kappa shape index (κ2) is 11.5. The minimum Gasteiger partial charge on any atom is -0.455 e.